The quantitative estimate of drug-likeness (QED) is 0.316. The number of anilines is 1. The lowest BCUT2D eigenvalue weighted by molar-refractivity contribution is 0.793. The van der Waals surface area contributed by atoms with Crippen molar-refractivity contribution < 1.29 is 0 Å². The number of aromatic nitrogens is 1. The predicted molar refractivity (Wildman–Crippen MR) is 123 cm³/mol. The summed E-state index contributed by atoms with van der Waals surface area (Å²) in [5.41, 5.74) is 4.47. The fourth-order valence-electron chi connectivity index (χ4n) is 3.10. The van der Waals surface area contributed by atoms with Gasteiger partial charge in [0.05, 0.1) is 11.7 Å². The molecule has 4 rings (SSSR count). The van der Waals surface area contributed by atoms with Gasteiger partial charge in [-0.1, -0.05) is 72.3 Å². The number of benzene rings is 3. The molecule has 3 aromatic carbocycles. The Bertz CT molecular complexity index is 1080. The first-order valence-corrected chi connectivity index (χ1v) is 10.6. The molecule has 2 N–H and O–H groups in total. The molecule has 1 unspecified atom stereocenters. The van der Waals surface area contributed by atoms with E-state index in [1.807, 2.05) is 72.8 Å². The van der Waals surface area contributed by atoms with Crippen LogP contribution in [0, 0.1) is 5.41 Å². The third kappa shape index (κ3) is 4.91. The molecule has 0 aliphatic heterocycles. The molecule has 0 saturated heterocycles. The van der Waals surface area contributed by atoms with Crippen molar-refractivity contribution in [3.05, 3.63) is 107 Å². The molecule has 0 spiro atoms. The lowest BCUT2D eigenvalue weighted by atomic mass is 10.0. The van der Waals surface area contributed by atoms with Crippen molar-refractivity contribution in [3.8, 4) is 10.6 Å². The predicted octanol–water partition coefficient (Wildman–Crippen LogP) is 7.07. The van der Waals surface area contributed by atoms with Gasteiger partial charge in [-0.2, -0.15) is 0 Å². The average molecular weight is 418 g/mol. The van der Waals surface area contributed by atoms with Gasteiger partial charge in [0.15, 0.2) is 0 Å². The van der Waals surface area contributed by atoms with Crippen molar-refractivity contribution in [1.29, 1.82) is 5.41 Å². The Morgan fingerprint density at radius 1 is 0.931 bits per heavy atom. The van der Waals surface area contributed by atoms with Gasteiger partial charge in [0.25, 0.3) is 0 Å². The molecule has 144 valence electrons. The molecule has 0 fully saturated rings. The minimum atomic E-state index is -0.103. The molecule has 0 radical (unpaired) electrons. The normalized spacial score (nSPS) is 11.8. The minimum Gasteiger partial charge on any atom is -0.376 e. The monoisotopic (exact) mass is 417 g/mol. The lowest BCUT2D eigenvalue weighted by Gasteiger charge is -2.19. The molecule has 4 aromatic rings. The third-order valence-electron chi connectivity index (χ3n) is 4.62. The maximum atomic E-state index is 8.61. The largest absolute Gasteiger partial charge is 0.376 e. The van der Waals surface area contributed by atoms with Crippen LogP contribution in [0.2, 0.25) is 5.02 Å². The van der Waals surface area contributed by atoms with E-state index in [1.54, 1.807) is 11.3 Å². The Balaban J connectivity index is 1.61. The number of thiazole rings is 1. The highest BCUT2D eigenvalue weighted by atomic mass is 35.5. The fraction of sp³-hybridized carbons (Fsp3) is 0.0833. The fourth-order valence-corrected chi connectivity index (χ4v) is 4.10. The van der Waals surface area contributed by atoms with Gasteiger partial charge in [0.1, 0.15) is 5.01 Å². The summed E-state index contributed by atoms with van der Waals surface area (Å²) < 4.78 is 0. The van der Waals surface area contributed by atoms with Crippen molar-refractivity contribution in [2.75, 3.05) is 5.32 Å². The summed E-state index contributed by atoms with van der Waals surface area (Å²) in [5, 5.41) is 15.9. The standard InChI is InChI=1S/C24H20ClN3S/c25-19-13-11-17(12-14-19)21(26)15-22(27-20-9-5-2-6-10-20)23-16-29-24(28-23)18-7-3-1-4-8-18/h1-14,16,22,26-27H,15H2. The van der Waals surface area contributed by atoms with Crippen LogP contribution in [0.15, 0.2) is 90.3 Å². The maximum absolute atomic E-state index is 8.61. The molecular formula is C24H20ClN3S. The molecule has 3 nitrogen and oxygen atoms in total. The number of hydrogen-bond donors (Lipinski definition) is 2. The smallest absolute Gasteiger partial charge is 0.123 e. The molecule has 0 bridgehead atoms. The number of nitrogens with one attached hydrogen (secondary N) is 2. The number of nitrogens with zero attached hydrogens (tertiary/aromatic N) is 1. The second kappa shape index (κ2) is 9.03. The minimum absolute atomic E-state index is 0.103. The molecule has 0 saturated carbocycles. The van der Waals surface area contributed by atoms with Gasteiger partial charge in [0.2, 0.25) is 0 Å². The summed E-state index contributed by atoms with van der Waals surface area (Å²) in [4.78, 5) is 4.88. The Morgan fingerprint density at radius 2 is 1.59 bits per heavy atom. The zero-order chi connectivity index (χ0) is 20.1. The summed E-state index contributed by atoms with van der Waals surface area (Å²) >= 11 is 7.62. The van der Waals surface area contributed by atoms with Gasteiger partial charge in [0, 0.05) is 33.8 Å². The third-order valence-corrected chi connectivity index (χ3v) is 5.78. The molecule has 1 aromatic heterocycles. The Kier molecular flexibility index (Phi) is 6.03. The van der Waals surface area contributed by atoms with Gasteiger partial charge in [-0.15, -0.1) is 11.3 Å². The van der Waals surface area contributed by atoms with Crippen LogP contribution in [0.5, 0.6) is 0 Å². The van der Waals surface area contributed by atoms with Gasteiger partial charge in [-0.3, -0.25) is 0 Å². The highest BCUT2D eigenvalue weighted by molar-refractivity contribution is 7.13. The molecule has 5 heteroatoms. The van der Waals surface area contributed by atoms with E-state index in [0.717, 1.165) is 27.5 Å². The van der Waals surface area contributed by atoms with E-state index in [4.69, 9.17) is 22.0 Å². The van der Waals surface area contributed by atoms with Crippen LogP contribution in [0.25, 0.3) is 10.6 Å². The summed E-state index contributed by atoms with van der Waals surface area (Å²) in [6.07, 6.45) is 0.522. The van der Waals surface area contributed by atoms with Crippen LogP contribution >= 0.6 is 22.9 Å². The first-order chi connectivity index (χ1) is 14.2. The van der Waals surface area contributed by atoms with Gasteiger partial charge >= 0.3 is 0 Å². The van der Waals surface area contributed by atoms with Crippen molar-refractivity contribution in [1.82, 2.24) is 4.98 Å². The van der Waals surface area contributed by atoms with E-state index >= 15 is 0 Å². The molecule has 29 heavy (non-hydrogen) atoms. The van der Waals surface area contributed by atoms with E-state index in [-0.39, 0.29) is 6.04 Å². The van der Waals surface area contributed by atoms with E-state index in [9.17, 15) is 0 Å². The van der Waals surface area contributed by atoms with E-state index in [0.29, 0.717) is 17.2 Å². The van der Waals surface area contributed by atoms with Crippen molar-refractivity contribution in [2.45, 2.75) is 12.5 Å². The highest BCUT2D eigenvalue weighted by Crippen LogP contribution is 2.30. The molecule has 0 aliphatic carbocycles. The number of para-hydroxylation sites is 1. The summed E-state index contributed by atoms with van der Waals surface area (Å²) in [5.74, 6) is 0. The molecule has 1 heterocycles. The van der Waals surface area contributed by atoms with Crippen LogP contribution in [0.4, 0.5) is 5.69 Å². The number of rotatable bonds is 7. The van der Waals surface area contributed by atoms with Crippen LogP contribution in [0.3, 0.4) is 0 Å². The van der Waals surface area contributed by atoms with Gasteiger partial charge in [-0.25, -0.2) is 4.98 Å². The lowest BCUT2D eigenvalue weighted by Crippen LogP contribution is -2.16. The Morgan fingerprint density at radius 3 is 2.28 bits per heavy atom. The highest BCUT2D eigenvalue weighted by Gasteiger charge is 2.19. The zero-order valence-electron chi connectivity index (χ0n) is 15.7. The zero-order valence-corrected chi connectivity index (χ0v) is 17.3. The second-order valence-corrected chi connectivity index (χ2v) is 7.99. The SMILES string of the molecule is N=C(CC(Nc1ccccc1)c1csc(-c2ccccc2)n1)c1ccc(Cl)cc1. The van der Waals surface area contributed by atoms with Gasteiger partial charge < -0.3 is 10.7 Å². The van der Waals surface area contributed by atoms with Crippen LogP contribution < -0.4 is 5.32 Å². The Labute approximate surface area is 179 Å². The molecule has 0 aliphatic rings. The van der Waals surface area contributed by atoms with Crippen LogP contribution in [-0.4, -0.2) is 10.7 Å². The van der Waals surface area contributed by atoms with E-state index < -0.39 is 0 Å². The number of hydrogen-bond acceptors (Lipinski definition) is 4. The van der Waals surface area contributed by atoms with E-state index in [2.05, 4.69) is 22.8 Å². The summed E-state index contributed by atoms with van der Waals surface area (Å²) in [7, 11) is 0. The van der Waals surface area contributed by atoms with Crippen molar-refractivity contribution >= 4 is 34.3 Å². The summed E-state index contributed by atoms with van der Waals surface area (Å²) in [6.45, 7) is 0. The Hall–Kier alpha value is -2.95. The van der Waals surface area contributed by atoms with Crippen molar-refractivity contribution in [3.63, 3.8) is 0 Å². The molecular weight excluding hydrogens is 398 g/mol. The maximum Gasteiger partial charge on any atom is 0.123 e. The topological polar surface area (TPSA) is 48.8 Å². The number of halogens is 1. The van der Waals surface area contributed by atoms with Gasteiger partial charge in [-0.05, 0) is 29.8 Å². The first kappa shape index (κ1) is 19.4. The van der Waals surface area contributed by atoms with Crippen LogP contribution in [0.1, 0.15) is 23.7 Å². The average Bonchev–Trinajstić information content (AvgIpc) is 3.25. The molecule has 0 amide bonds. The van der Waals surface area contributed by atoms with E-state index in [1.165, 1.54) is 0 Å². The molecule has 1 atom stereocenters. The summed E-state index contributed by atoms with van der Waals surface area (Å²) in [6, 6.07) is 27.6. The van der Waals surface area contributed by atoms with Crippen LogP contribution in [-0.2, 0) is 0 Å². The first-order valence-electron chi connectivity index (χ1n) is 9.35. The second-order valence-electron chi connectivity index (χ2n) is 6.70. The van der Waals surface area contributed by atoms with Crippen molar-refractivity contribution in [2.24, 2.45) is 0 Å².